The Hall–Kier alpha value is -0.670. The predicted octanol–water partition coefficient (Wildman–Crippen LogP) is 3.11. The Morgan fingerprint density at radius 1 is 1.46 bits per heavy atom. The van der Waals surface area contributed by atoms with Gasteiger partial charge in [0.25, 0.3) is 0 Å². The van der Waals surface area contributed by atoms with Crippen molar-refractivity contribution in [1.82, 2.24) is 9.97 Å². The van der Waals surface area contributed by atoms with Gasteiger partial charge in [0, 0.05) is 0 Å². The number of rotatable bonds is 2. The van der Waals surface area contributed by atoms with Crippen molar-refractivity contribution in [3.05, 3.63) is 29.3 Å². The summed E-state index contributed by atoms with van der Waals surface area (Å²) in [7, 11) is 0. The molecule has 67 valence electrons. The first-order chi connectivity index (χ1) is 6.31. The van der Waals surface area contributed by atoms with Crippen LogP contribution in [0.3, 0.4) is 0 Å². The van der Waals surface area contributed by atoms with Crippen molar-refractivity contribution in [1.29, 1.82) is 0 Å². The first-order valence-electron chi connectivity index (χ1n) is 4.00. The lowest BCUT2D eigenvalue weighted by Crippen LogP contribution is -1.92. The standard InChI is InChI=1S/C9H8ClN2S/c1-2-3-6-8-7(4-5-13-8)12-9(10)11-6/h4-5H,1-3H2. The second-order valence-corrected chi connectivity index (χ2v) is 3.93. The molecule has 0 unspecified atom stereocenters. The maximum Gasteiger partial charge on any atom is 0.223 e. The number of nitrogens with zero attached hydrogens (tertiary/aromatic N) is 2. The Morgan fingerprint density at radius 2 is 2.31 bits per heavy atom. The van der Waals surface area contributed by atoms with Crippen LogP contribution in [0.2, 0.25) is 5.28 Å². The molecule has 0 aliphatic rings. The first kappa shape index (κ1) is 8.91. The maximum absolute atomic E-state index is 5.78. The average Bonchev–Trinajstić information content (AvgIpc) is 2.52. The van der Waals surface area contributed by atoms with Crippen molar-refractivity contribution >= 4 is 33.2 Å². The van der Waals surface area contributed by atoms with Crippen LogP contribution in [0.15, 0.2) is 11.4 Å². The molecule has 2 rings (SSSR count). The highest BCUT2D eigenvalue weighted by Crippen LogP contribution is 2.24. The molecular weight excluding hydrogens is 204 g/mol. The van der Waals surface area contributed by atoms with Gasteiger partial charge in [-0.25, -0.2) is 9.97 Å². The molecule has 0 fully saturated rings. The summed E-state index contributed by atoms with van der Waals surface area (Å²) in [6, 6.07) is 1.96. The fourth-order valence-electron chi connectivity index (χ4n) is 1.23. The number of aromatic nitrogens is 2. The van der Waals surface area contributed by atoms with Gasteiger partial charge in [0.15, 0.2) is 0 Å². The van der Waals surface area contributed by atoms with Gasteiger partial charge >= 0.3 is 0 Å². The molecule has 4 heteroatoms. The molecule has 0 amide bonds. The smallest absolute Gasteiger partial charge is 0.222 e. The Morgan fingerprint density at radius 3 is 3.08 bits per heavy atom. The number of halogens is 1. The molecule has 2 heterocycles. The van der Waals surface area contributed by atoms with E-state index in [1.54, 1.807) is 11.3 Å². The molecule has 0 saturated carbocycles. The van der Waals surface area contributed by atoms with Crippen LogP contribution in [-0.2, 0) is 6.42 Å². The first-order valence-corrected chi connectivity index (χ1v) is 5.26. The molecule has 0 aliphatic carbocycles. The molecule has 13 heavy (non-hydrogen) atoms. The van der Waals surface area contributed by atoms with Crippen LogP contribution in [0.1, 0.15) is 12.1 Å². The Balaban J connectivity index is 2.63. The van der Waals surface area contributed by atoms with E-state index in [1.807, 2.05) is 11.4 Å². The number of aryl methyl sites for hydroxylation is 1. The highest BCUT2D eigenvalue weighted by molar-refractivity contribution is 7.17. The maximum atomic E-state index is 5.78. The second kappa shape index (κ2) is 3.60. The zero-order chi connectivity index (χ0) is 9.26. The van der Waals surface area contributed by atoms with E-state index >= 15 is 0 Å². The van der Waals surface area contributed by atoms with Gasteiger partial charge < -0.3 is 0 Å². The molecule has 0 atom stereocenters. The molecule has 1 radical (unpaired) electrons. The minimum atomic E-state index is 0.328. The van der Waals surface area contributed by atoms with E-state index in [2.05, 4.69) is 16.9 Å². The summed E-state index contributed by atoms with van der Waals surface area (Å²) in [5, 5.41) is 2.33. The minimum Gasteiger partial charge on any atom is -0.222 e. The third-order valence-electron chi connectivity index (χ3n) is 1.76. The van der Waals surface area contributed by atoms with Crippen molar-refractivity contribution < 1.29 is 0 Å². The number of fused-ring (bicyclic) bond motifs is 1. The third kappa shape index (κ3) is 1.67. The van der Waals surface area contributed by atoms with Crippen LogP contribution >= 0.6 is 22.9 Å². The van der Waals surface area contributed by atoms with Gasteiger partial charge in [-0.05, 0) is 35.9 Å². The van der Waals surface area contributed by atoms with Gasteiger partial charge in [0.1, 0.15) is 0 Å². The van der Waals surface area contributed by atoms with Crippen LogP contribution < -0.4 is 0 Å². The van der Waals surface area contributed by atoms with E-state index in [4.69, 9.17) is 11.6 Å². The number of hydrogen-bond acceptors (Lipinski definition) is 3. The zero-order valence-corrected chi connectivity index (χ0v) is 8.53. The largest absolute Gasteiger partial charge is 0.223 e. The van der Waals surface area contributed by atoms with Crippen LogP contribution in [0.5, 0.6) is 0 Å². The summed E-state index contributed by atoms with van der Waals surface area (Å²) in [5.41, 5.74) is 1.95. The summed E-state index contributed by atoms with van der Waals surface area (Å²) in [4.78, 5) is 8.31. The van der Waals surface area contributed by atoms with Crippen molar-refractivity contribution in [2.75, 3.05) is 0 Å². The summed E-state index contributed by atoms with van der Waals surface area (Å²) >= 11 is 7.43. The molecule has 2 aromatic rings. The van der Waals surface area contributed by atoms with Gasteiger partial charge in [-0.2, -0.15) is 0 Å². The Bertz CT molecular complexity index is 424. The molecule has 0 aromatic carbocycles. The van der Waals surface area contributed by atoms with Crippen LogP contribution in [0.25, 0.3) is 10.2 Å². The van der Waals surface area contributed by atoms with Crippen molar-refractivity contribution in [3.8, 4) is 0 Å². The highest BCUT2D eigenvalue weighted by atomic mass is 35.5. The number of thiophene rings is 1. The molecule has 0 saturated heterocycles. The van der Waals surface area contributed by atoms with Crippen LogP contribution in [0, 0.1) is 6.92 Å². The monoisotopic (exact) mass is 211 g/mol. The summed E-state index contributed by atoms with van der Waals surface area (Å²) < 4.78 is 1.13. The normalized spacial score (nSPS) is 10.9. The molecule has 2 nitrogen and oxygen atoms in total. The minimum absolute atomic E-state index is 0.328. The third-order valence-corrected chi connectivity index (χ3v) is 2.88. The molecular formula is C9H8ClN2S. The van der Waals surface area contributed by atoms with Crippen molar-refractivity contribution in [3.63, 3.8) is 0 Å². The van der Waals surface area contributed by atoms with Gasteiger partial charge in [-0.15, -0.1) is 11.3 Å². The molecule has 0 aliphatic heterocycles. The highest BCUT2D eigenvalue weighted by Gasteiger charge is 2.06. The van der Waals surface area contributed by atoms with Gasteiger partial charge in [-0.1, -0.05) is 6.92 Å². The molecule has 0 N–H and O–H groups in total. The lowest BCUT2D eigenvalue weighted by molar-refractivity contribution is 0.948. The summed E-state index contributed by atoms with van der Waals surface area (Å²) in [5.74, 6) is 0. The zero-order valence-electron chi connectivity index (χ0n) is 6.96. The van der Waals surface area contributed by atoms with E-state index in [0.29, 0.717) is 5.28 Å². The quantitative estimate of drug-likeness (QED) is 0.714. The predicted molar refractivity (Wildman–Crippen MR) is 56.1 cm³/mol. The van der Waals surface area contributed by atoms with Crippen molar-refractivity contribution in [2.24, 2.45) is 0 Å². The number of hydrogen-bond donors (Lipinski definition) is 0. The van der Waals surface area contributed by atoms with E-state index in [1.165, 1.54) is 0 Å². The summed E-state index contributed by atoms with van der Waals surface area (Å²) in [6.45, 7) is 3.80. The fourth-order valence-corrected chi connectivity index (χ4v) is 2.27. The van der Waals surface area contributed by atoms with Gasteiger partial charge in [-0.3, -0.25) is 0 Å². The lowest BCUT2D eigenvalue weighted by Gasteiger charge is -1.99. The fraction of sp³-hybridized carbons (Fsp3) is 0.222. The second-order valence-electron chi connectivity index (χ2n) is 2.68. The molecule has 2 aromatic heterocycles. The average molecular weight is 212 g/mol. The van der Waals surface area contributed by atoms with E-state index in [9.17, 15) is 0 Å². The van der Waals surface area contributed by atoms with Crippen molar-refractivity contribution in [2.45, 2.75) is 12.8 Å². The van der Waals surface area contributed by atoms with E-state index < -0.39 is 0 Å². The topological polar surface area (TPSA) is 25.8 Å². The van der Waals surface area contributed by atoms with Crippen LogP contribution in [-0.4, -0.2) is 9.97 Å². The SMILES string of the molecule is [CH2]CCc1nc(Cl)nc2ccsc12. The lowest BCUT2D eigenvalue weighted by atomic mass is 10.2. The Kier molecular flexibility index (Phi) is 2.47. The Labute approximate surface area is 85.6 Å². The van der Waals surface area contributed by atoms with E-state index in [-0.39, 0.29) is 0 Å². The summed E-state index contributed by atoms with van der Waals surface area (Å²) in [6.07, 6.45) is 1.69. The van der Waals surface area contributed by atoms with E-state index in [0.717, 1.165) is 28.8 Å². The molecule has 0 bridgehead atoms. The molecule has 0 spiro atoms. The van der Waals surface area contributed by atoms with Gasteiger partial charge in [0.05, 0.1) is 15.9 Å². The van der Waals surface area contributed by atoms with Crippen LogP contribution in [0.4, 0.5) is 0 Å². The van der Waals surface area contributed by atoms with Gasteiger partial charge in [0.2, 0.25) is 5.28 Å².